The van der Waals surface area contributed by atoms with Gasteiger partial charge >= 0.3 is 11.9 Å². The zero-order chi connectivity index (χ0) is 39.1. The fraction of sp³-hybridized carbons (Fsp3) is 0.950. The maximum absolute atomic E-state index is 11.8. The van der Waals surface area contributed by atoms with E-state index in [1.54, 1.807) is 0 Å². The summed E-state index contributed by atoms with van der Waals surface area (Å²) in [6.07, 6.45) is 15.1. The summed E-state index contributed by atoms with van der Waals surface area (Å²) in [5, 5.41) is 0. The highest BCUT2D eigenvalue weighted by Gasteiger charge is 2.04. The number of carbonyl (C=O) groups excluding carboxylic acids is 2. The van der Waals surface area contributed by atoms with E-state index in [4.69, 9.17) is 56.8 Å². The van der Waals surface area contributed by atoms with Gasteiger partial charge in [-0.2, -0.15) is 0 Å². The number of esters is 2. The first kappa shape index (κ1) is 52.5. The van der Waals surface area contributed by atoms with E-state index in [1.807, 2.05) is 0 Å². The monoisotopic (exact) mass is 783 g/mol. The normalized spacial score (nSPS) is 11.4. The molecule has 0 aromatic heterocycles. The molecule has 322 valence electrons. The second kappa shape index (κ2) is 47.7. The van der Waals surface area contributed by atoms with E-state index in [-0.39, 0.29) is 25.2 Å². The molecule has 54 heavy (non-hydrogen) atoms. The first-order valence-corrected chi connectivity index (χ1v) is 20.8. The highest BCUT2D eigenvalue weighted by molar-refractivity contribution is 5.69. The van der Waals surface area contributed by atoms with Gasteiger partial charge in [-0.05, 0) is 12.8 Å². The number of hydrogen-bond donors (Lipinski definition) is 0. The Labute approximate surface area is 327 Å². The Morgan fingerprint density at radius 1 is 0.259 bits per heavy atom. The van der Waals surface area contributed by atoms with Gasteiger partial charge in [-0.1, -0.05) is 78.1 Å². The predicted molar refractivity (Wildman–Crippen MR) is 206 cm³/mol. The first-order valence-electron chi connectivity index (χ1n) is 20.8. The third-order valence-corrected chi connectivity index (χ3v) is 7.80. The van der Waals surface area contributed by atoms with Crippen molar-refractivity contribution in [2.45, 2.75) is 104 Å². The molecule has 0 rings (SSSR count). The number of rotatable bonds is 47. The molecule has 14 nitrogen and oxygen atoms in total. The molecule has 0 spiro atoms. The SMILES string of the molecule is CCCCCCCCCCCC(=O)OCCOCCOCCOCCOCCOCCOCCOCCOCCOCCOCCOC(=O)CCCCC. The fourth-order valence-electron chi connectivity index (χ4n) is 4.75. The Hall–Kier alpha value is -1.46. The largest absolute Gasteiger partial charge is 0.463 e. The van der Waals surface area contributed by atoms with E-state index in [0.717, 1.165) is 32.1 Å². The first-order chi connectivity index (χ1) is 26.7. The van der Waals surface area contributed by atoms with Gasteiger partial charge in [-0.25, -0.2) is 0 Å². The lowest BCUT2D eigenvalue weighted by atomic mass is 10.1. The minimum atomic E-state index is -0.162. The zero-order valence-corrected chi connectivity index (χ0v) is 34.2. The molecule has 0 radical (unpaired) electrons. The van der Waals surface area contributed by atoms with Gasteiger partial charge in [0.25, 0.3) is 0 Å². The van der Waals surface area contributed by atoms with E-state index in [0.29, 0.717) is 145 Å². The standard InChI is InChI=1S/C40H78O14/c1-3-5-7-8-9-10-11-12-14-16-40(42)54-38-36-52-34-32-50-30-28-48-26-24-46-22-20-44-18-17-43-19-21-45-23-25-47-27-29-49-31-33-51-35-37-53-39(41)15-13-6-4-2/h3-38H2,1-2H3. The molecule has 0 saturated carbocycles. The van der Waals surface area contributed by atoms with Crippen LogP contribution in [-0.4, -0.2) is 157 Å². The summed E-state index contributed by atoms with van der Waals surface area (Å²) in [6.45, 7) is 14.3. The van der Waals surface area contributed by atoms with Crippen molar-refractivity contribution in [3.8, 4) is 0 Å². The Balaban J connectivity index is 3.13. The summed E-state index contributed by atoms with van der Waals surface area (Å²) in [5.41, 5.74) is 0. The maximum atomic E-state index is 11.8. The van der Waals surface area contributed by atoms with E-state index in [9.17, 15) is 9.59 Å². The van der Waals surface area contributed by atoms with Gasteiger partial charge in [-0.15, -0.1) is 0 Å². The van der Waals surface area contributed by atoms with E-state index < -0.39 is 0 Å². The van der Waals surface area contributed by atoms with Crippen molar-refractivity contribution in [1.82, 2.24) is 0 Å². The van der Waals surface area contributed by atoms with E-state index in [2.05, 4.69) is 13.8 Å². The average molecular weight is 783 g/mol. The van der Waals surface area contributed by atoms with Gasteiger partial charge in [0.05, 0.1) is 132 Å². The van der Waals surface area contributed by atoms with Crippen LogP contribution in [0.5, 0.6) is 0 Å². The molecule has 0 N–H and O–H groups in total. The molecule has 0 unspecified atom stereocenters. The molecular formula is C40H78O14. The molecule has 0 bridgehead atoms. The van der Waals surface area contributed by atoms with Crippen molar-refractivity contribution < 1.29 is 66.4 Å². The molecule has 0 aliphatic rings. The van der Waals surface area contributed by atoms with Crippen LogP contribution in [0.3, 0.4) is 0 Å². The molecule has 0 fully saturated rings. The molecule has 0 saturated heterocycles. The Bertz CT molecular complexity index is 745. The zero-order valence-electron chi connectivity index (χ0n) is 34.2. The molecule has 0 amide bonds. The van der Waals surface area contributed by atoms with Gasteiger partial charge in [-0.3, -0.25) is 9.59 Å². The summed E-state index contributed by atoms with van der Waals surface area (Å²) in [5.74, 6) is -0.301. The van der Waals surface area contributed by atoms with Crippen LogP contribution < -0.4 is 0 Å². The molecule has 0 heterocycles. The second-order valence-corrected chi connectivity index (χ2v) is 12.6. The van der Waals surface area contributed by atoms with Gasteiger partial charge in [0.15, 0.2) is 0 Å². The van der Waals surface area contributed by atoms with Crippen molar-refractivity contribution in [2.75, 3.05) is 145 Å². The van der Waals surface area contributed by atoms with Crippen LogP contribution in [0.2, 0.25) is 0 Å². The topological polar surface area (TPSA) is 145 Å². The lowest BCUT2D eigenvalue weighted by Gasteiger charge is -2.09. The number of unbranched alkanes of at least 4 members (excludes halogenated alkanes) is 10. The molecule has 0 aliphatic heterocycles. The molecule has 0 aliphatic carbocycles. The van der Waals surface area contributed by atoms with Crippen LogP contribution in [0.15, 0.2) is 0 Å². The summed E-state index contributed by atoms with van der Waals surface area (Å²) in [6, 6.07) is 0. The number of ether oxygens (including phenoxy) is 12. The lowest BCUT2D eigenvalue weighted by molar-refractivity contribution is -0.146. The summed E-state index contributed by atoms with van der Waals surface area (Å²) in [7, 11) is 0. The molecule has 0 aromatic carbocycles. The van der Waals surface area contributed by atoms with Gasteiger partial charge in [0.2, 0.25) is 0 Å². The van der Waals surface area contributed by atoms with Gasteiger partial charge < -0.3 is 56.8 Å². The summed E-state index contributed by atoms with van der Waals surface area (Å²) < 4.78 is 65.0. The van der Waals surface area contributed by atoms with E-state index in [1.165, 1.54) is 44.9 Å². The molecule has 0 aromatic rings. The van der Waals surface area contributed by atoms with Crippen LogP contribution in [0.25, 0.3) is 0 Å². The minimum Gasteiger partial charge on any atom is -0.463 e. The third kappa shape index (κ3) is 46.7. The Morgan fingerprint density at radius 3 is 0.704 bits per heavy atom. The molecular weight excluding hydrogens is 704 g/mol. The van der Waals surface area contributed by atoms with Crippen molar-refractivity contribution in [3.05, 3.63) is 0 Å². The summed E-state index contributed by atoms with van der Waals surface area (Å²) >= 11 is 0. The van der Waals surface area contributed by atoms with Crippen LogP contribution in [-0.2, 0) is 66.4 Å². The Morgan fingerprint density at radius 2 is 0.444 bits per heavy atom. The fourth-order valence-corrected chi connectivity index (χ4v) is 4.75. The number of hydrogen-bond acceptors (Lipinski definition) is 14. The molecule has 14 heteroatoms. The van der Waals surface area contributed by atoms with E-state index >= 15 is 0 Å². The maximum Gasteiger partial charge on any atom is 0.305 e. The second-order valence-electron chi connectivity index (χ2n) is 12.6. The van der Waals surface area contributed by atoms with Crippen LogP contribution >= 0.6 is 0 Å². The lowest BCUT2D eigenvalue weighted by Crippen LogP contribution is -2.16. The van der Waals surface area contributed by atoms with Crippen molar-refractivity contribution in [3.63, 3.8) is 0 Å². The van der Waals surface area contributed by atoms with Gasteiger partial charge in [0, 0.05) is 12.8 Å². The van der Waals surface area contributed by atoms with Crippen LogP contribution in [0.4, 0.5) is 0 Å². The van der Waals surface area contributed by atoms with Crippen molar-refractivity contribution >= 4 is 11.9 Å². The van der Waals surface area contributed by atoms with Gasteiger partial charge in [0.1, 0.15) is 13.2 Å². The molecule has 0 atom stereocenters. The quantitative estimate of drug-likeness (QED) is 0.0547. The van der Waals surface area contributed by atoms with Crippen molar-refractivity contribution in [1.29, 1.82) is 0 Å². The van der Waals surface area contributed by atoms with Crippen LogP contribution in [0.1, 0.15) is 104 Å². The minimum absolute atomic E-state index is 0.139. The third-order valence-electron chi connectivity index (χ3n) is 7.80. The highest BCUT2D eigenvalue weighted by atomic mass is 16.6. The number of carbonyl (C=O) groups is 2. The smallest absolute Gasteiger partial charge is 0.305 e. The van der Waals surface area contributed by atoms with Crippen molar-refractivity contribution in [2.24, 2.45) is 0 Å². The highest BCUT2D eigenvalue weighted by Crippen LogP contribution is 2.10. The summed E-state index contributed by atoms with van der Waals surface area (Å²) in [4.78, 5) is 23.3. The Kier molecular flexibility index (Phi) is 46.4. The average Bonchev–Trinajstić information content (AvgIpc) is 3.17. The predicted octanol–water partition coefficient (Wildman–Crippen LogP) is 5.74. The van der Waals surface area contributed by atoms with Crippen LogP contribution in [0, 0.1) is 0 Å².